The second kappa shape index (κ2) is 11.0. The van der Waals surface area contributed by atoms with Crippen LogP contribution in [0.3, 0.4) is 0 Å². The molecule has 39 heavy (non-hydrogen) atoms. The number of rotatable bonds is 5. The molecule has 1 saturated heterocycles. The molecule has 1 N–H and O–H groups in total. The average molecular weight is 547 g/mol. The molecule has 2 aromatic heterocycles. The average Bonchev–Trinajstić information content (AvgIpc) is 3.37. The molecule has 1 fully saturated rings. The highest BCUT2D eigenvalue weighted by atomic mass is 35.5. The Morgan fingerprint density at radius 1 is 0.923 bits per heavy atom. The van der Waals surface area contributed by atoms with Gasteiger partial charge in [0, 0.05) is 50.9 Å². The molecule has 5 rings (SSSR count). The Morgan fingerprint density at radius 2 is 1.62 bits per heavy atom. The largest absolute Gasteiger partial charge is 0.339 e. The van der Waals surface area contributed by atoms with Crippen LogP contribution in [0.1, 0.15) is 27.8 Å². The number of nitrogens with zero attached hydrogens (tertiary/aromatic N) is 5. The number of benzene rings is 2. The van der Waals surface area contributed by atoms with Gasteiger partial charge in [0.2, 0.25) is 5.91 Å². The van der Waals surface area contributed by atoms with Crippen LogP contribution in [0.15, 0.2) is 72.9 Å². The summed E-state index contributed by atoms with van der Waals surface area (Å²) in [6, 6.07) is 18.0. The van der Waals surface area contributed by atoms with Gasteiger partial charge < -0.3 is 15.1 Å². The molecule has 0 unspecified atom stereocenters. The molecule has 0 bridgehead atoms. The first-order chi connectivity index (χ1) is 18.8. The Bertz CT molecular complexity index is 1540. The fraction of sp³-hybridized carbons (Fsp3) is 0.179. The number of hydrogen-bond acceptors (Lipinski definition) is 5. The molecule has 9 nitrogen and oxygen atoms in total. The summed E-state index contributed by atoms with van der Waals surface area (Å²) in [6.07, 6.45) is 1.53. The van der Waals surface area contributed by atoms with Crippen LogP contribution >= 0.6 is 11.6 Å². The van der Waals surface area contributed by atoms with Crippen molar-refractivity contribution < 1.29 is 18.8 Å². The Kier molecular flexibility index (Phi) is 7.38. The van der Waals surface area contributed by atoms with Gasteiger partial charge in [0.15, 0.2) is 5.69 Å². The van der Waals surface area contributed by atoms with E-state index in [4.69, 9.17) is 11.6 Å². The lowest BCUT2D eigenvalue weighted by Crippen LogP contribution is -2.50. The van der Waals surface area contributed by atoms with Crippen LogP contribution in [-0.4, -0.2) is 68.5 Å². The first kappa shape index (κ1) is 26.1. The van der Waals surface area contributed by atoms with Gasteiger partial charge in [-0.25, -0.2) is 9.07 Å². The number of piperazine rings is 1. The summed E-state index contributed by atoms with van der Waals surface area (Å²) in [6.45, 7) is 3.12. The fourth-order valence-corrected chi connectivity index (χ4v) is 4.59. The fourth-order valence-electron chi connectivity index (χ4n) is 4.35. The Morgan fingerprint density at radius 3 is 2.28 bits per heavy atom. The zero-order valence-corrected chi connectivity index (χ0v) is 21.7. The molecule has 0 atom stereocenters. The summed E-state index contributed by atoms with van der Waals surface area (Å²) in [5.41, 5.74) is 1.26. The standard InChI is InChI=1S/C28H24ClFN6O3/c1-18(37)34-11-13-35(14-12-34)28(39)25-17-26(36(33-25)19-7-3-2-4-8-19)32-27(38)20-15-21(23(30)16-22(20)29)24-9-5-6-10-31-24/h2-10,15-17H,11-14H2,1H3,(H,32,38). The van der Waals surface area contributed by atoms with Crippen molar-refractivity contribution in [2.45, 2.75) is 6.92 Å². The Hall–Kier alpha value is -4.57. The molecule has 0 spiro atoms. The summed E-state index contributed by atoms with van der Waals surface area (Å²) in [7, 11) is 0. The molecular weight excluding hydrogens is 523 g/mol. The second-order valence-electron chi connectivity index (χ2n) is 8.94. The van der Waals surface area contributed by atoms with E-state index in [1.54, 1.807) is 52.3 Å². The summed E-state index contributed by atoms with van der Waals surface area (Å²) < 4.78 is 16.1. The van der Waals surface area contributed by atoms with Crippen molar-refractivity contribution in [3.05, 3.63) is 95.0 Å². The Labute approximate surface area is 228 Å². The summed E-state index contributed by atoms with van der Waals surface area (Å²) in [5.74, 6) is -1.34. The molecule has 0 saturated carbocycles. The van der Waals surface area contributed by atoms with Crippen LogP contribution in [-0.2, 0) is 4.79 Å². The second-order valence-corrected chi connectivity index (χ2v) is 9.35. The van der Waals surface area contributed by atoms with Crippen LogP contribution in [0.25, 0.3) is 16.9 Å². The van der Waals surface area contributed by atoms with E-state index in [-0.39, 0.29) is 39.5 Å². The third-order valence-corrected chi connectivity index (χ3v) is 6.74. The number of carbonyl (C=O) groups is 3. The van der Waals surface area contributed by atoms with Gasteiger partial charge in [-0.3, -0.25) is 19.4 Å². The van der Waals surface area contributed by atoms with E-state index in [2.05, 4.69) is 15.4 Å². The molecule has 1 aliphatic rings. The van der Waals surface area contributed by atoms with E-state index >= 15 is 0 Å². The number of hydrogen-bond donors (Lipinski definition) is 1. The predicted octanol–water partition coefficient (Wildman–Crippen LogP) is 4.28. The van der Waals surface area contributed by atoms with Gasteiger partial charge in [0.1, 0.15) is 11.6 Å². The third kappa shape index (κ3) is 5.51. The highest BCUT2D eigenvalue weighted by molar-refractivity contribution is 6.34. The van der Waals surface area contributed by atoms with E-state index < -0.39 is 11.7 Å². The minimum absolute atomic E-state index is 0.0350. The zero-order valence-electron chi connectivity index (χ0n) is 21.0. The lowest BCUT2D eigenvalue weighted by atomic mass is 10.1. The first-order valence-corrected chi connectivity index (χ1v) is 12.6. The van der Waals surface area contributed by atoms with Crippen LogP contribution in [0.2, 0.25) is 5.02 Å². The maximum absolute atomic E-state index is 14.7. The van der Waals surface area contributed by atoms with Crippen LogP contribution in [0.4, 0.5) is 10.2 Å². The SMILES string of the molecule is CC(=O)N1CCN(C(=O)c2cc(NC(=O)c3cc(-c4ccccn4)c(F)cc3Cl)n(-c3ccccc3)n2)CC1. The number of nitrogens with one attached hydrogen (secondary N) is 1. The minimum Gasteiger partial charge on any atom is -0.339 e. The summed E-state index contributed by atoms with van der Waals surface area (Å²) in [5, 5.41) is 7.19. The molecule has 11 heteroatoms. The normalized spacial score (nSPS) is 13.3. The van der Waals surface area contributed by atoms with E-state index in [0.717, 1.165) is 6.07 Å². The van der Waals surface area contributed by atoms with Crippen molar-refractivity contribution in [2.24, 2.45) is 0 Å². The van der Waals surface area contributed by atoms with E-state index in [1.165, 1.54) is 29.9 Å². The number of carbonyl (C=O) groups excluding carboxylic acids is 3. The zero-order chi connectivity index (χ0) is 27.5. The van der Waals surface area contributed by atoms with Gasteiger partial charge in [-0.2, -0.15) is 5.10 Å². The van der Waals surface area contributed by atoms with Gasteiger partial charge in [-0.15, -0.1) is 0 Å². The molecule has 2 aromatic carbocycles. The number of para-hydroxylation sites is 1. The number of pyridine rings is 1. The van der Waals surface area contributed by atoms with E-state index in [0.29, 0.717) is 37.6 Å². The lowest BCUT2D eigenvalue weighted by Gasteiger charge is -2.33. The van der Waals surface area contributed by atoms with E-state index in [9.17, 15) is 18.8 Å². The van der Waals surface area contributed by atoms with Crippen molar-refractivity contribution in [3.63, 3.8) is 0 Å². The van der Waals surface area contributed by atoms with Crippen molar-refractivity contribution >= 4 is 35.1 Å². The third-order valence-electron chi connectivity index (χ3n) is 6.43. The van der Waals surface area contributed by atoms with Gasteiger partial charge in [0.05, 0.1) is 22.0 Å². The van der Waals surface area contributed by atoms with Gasteiger partial charge >= 0.3 is 0 Å². The minimum atomic E-state index is -0.609. The van der Waals surface area contributed by atoms with Gasteiger partial charge in [0.25, 0.3) is 11.8 Å². The van der Waals surface area contributed by atoms with Crippen LogP contribution in [0, 0.1) is 5.82 Å². The molecule has 0 radical (unpaired) electrons. The topological polar surface area (TPSA) is 100 Å². The molecule has 0 aliphatic carbocycles. The number of amides is 3. The highest BCUT2D eigenvalue weighted by Gasteiger charge is 2.27. The van der Waals surface area contributed by atoms with Crippen molar-refractivity contribution in [1.82, 2.24) is 24.6 Å². The monoisotopic (exact) mass is 546 g/mol. The first-order valence-electron chi connectivity index (χ1n) is 12.2. The van der Waals surface area contributed by atoms with Crippen LogP contribution in [0.5, 0.6) is 0 Å². The number of anilines is 1. The van der Waals surface area contributed by atoms with Gasteiger partial charge in [-0.05, 0) is 36.4 Å². The summed E-state index contributed by atoms with van der Waals surface area (Å²) >= 11 is 6.27. The van der Waals surface area contributed by atoms with Crippen molar-refractivity contribution in [2.75, 3.05) is 31.5 Å². The molecule has 3 heterocycles. The quantitative estimate of drug-likeness (QED) is 0.403. The maximum atomic E-state index is 14.7. The smallest absolute Gasteiger partial charge is 0.274 e. The molecule has 3 amide bonds. The lowest BCUT2D eigenvalue weighted by molar-refractivity contribution is -0.130. The number of aromatic nitrogens is 3. The molecule has 1 aliphatic heterocycles. The predicted molar refractivity (Wildman–Crippen MR) is 144 cm³/mol. The Balaban J connectivity index is 1.46. The molecule has 198 valence electrons. The van der Waals surface area contributed by atoms with E-state index in [1.807, 2.05) is 6.07 Å². The maximum Gasteiger partial charge on any atom is 0.274 e. The van der Waals surface area contributed by atoms with Crippen molar-refractivity contribution in [1.29, 1.82) is 0 Å². The van der Waals surface area contributed by atoms with Gasteiger partial charge in [-0.1, -0.05) is 35.9 Å². The van der Waals surface area contributed by atoms with Crippen molar-refractivity contribution in [3.8, 4) is 16.9 Å². The highest BCUT2D eigenvalue weighted by Crippen LogP contribution is 2.29. The summed E-state index contributed by atoms with van der Waals surface area (Å²) in [4.78, 5) is 45.8. The molecular formula is C28H24ClFN6O3. The number of halogens is 2. The van der Waals surface area contributed by atoms with Crippen LogP contribution < -0.4 is 5.32 Å². The molecule has 4 aromatic rings.